The maximum absolute atomic E-state index is 13.2. The van der Waals surface area contributed by atoms with Crippen molar-refractivity contribution in [3.05, 3.63) is 52.1 Å². The Bertz CT molecular complexity index is 1090. The first kappa shape index (κ1) is 19.7. The summed E-state index contributed by atoms with van der Waals surface area (Å²) >= 11 is 1.29. The van der Waals surface area contributed by atoms with Crippen molar-refractivity contribution in [1.82, 2.24) is 14.5 Å². The van der Waals surface area contributed by atoms with Gasteiger partial charge in [0.25, 0.3) is 11.5 Å². The summed E-state index contributed by atoms with van der Waals surface area (Å²) in [7, 11) is 3.12. The fourth-order valence-corrected chi connectivity index (χ4v) is 3.62. The first-order chi connectivity index (χ1) is 13.3. The fraction of sp³-hybridized carbons (Fsp3) is 0.263. The van der Waals surface area contributed by atoms with Crippen LogP contribution in [-0.4, -0.2) is 46.5 Å². The number of benzene rings is 1. The fourth-order valence-electron chi connectivity index (χ4n) is 2.71. The topological polar surface area (TPSA) is 81.5 Å². The summed E-state index contributed by atoms with van der Waals surface area (Å²) in [6, 6.07) is 5.79. The summed E-state index contributed by atoms with van der Waals surface area (Å²) in [6.07, 6.45) is 0.320. The minimum atomic E-state index is -0.953. The number of rotatable bonds is 5. The monoisotopic (exact) mass is 403 g/mol. The minimum Gasteiger partial charge on any atom is -0.451 e. The Labute approximate surface area is 164 Å². The number of hydrogen-bond acceptors (Lipinski definition) is 6. The second-order valence-electron chi connectivity index (χ2n) is 6.38. The summed E-state index contributed by atoms with van der Waals surface area (Å²) in [5, 5.41) is 2.12. The predicted molar refractivity (Wildman–Crippen MR) is 104 cm³/mol. The Hall–Kier alpha value is -3.07. The molecule has 1 amide bonds. The van der Waals surface area contributed by atoms with Gasteiger partial charge in [-0.2, -0.15) is 0 Å². The molecule has 0 saturated carbocycles. The van der Waals surface area contributed by atoms with Crippen molar-refractivity contribution >= 4 is 33.4 Å². The van der Waals surface area contributed by atoms with Gasteiger partial charge in [0.05, 0.1) is 11.7 Å². The van der Waals surface area contributed by atoms with Crippen LogP contribution < -0.4 is 5.56 Å². The van der Waals surface area contributed by atoms with Gasteiger partial charge in [-0.05, 0) is 24.6 Å². The molecule has 0 radical (unpaired) electrons. The molecule has 1 atom stereocenters. The normalized spacial score (nSPS) is 12.0. The summed E-state index contributed by atoms with van der Waals surface area (Å²) in [5.74, 6) is -1.45. The predicted octanol–water partition coefficient (Wildman–Crippen LogP) is 2.28. The van der Waals surface area contributed by atoms with Crippen LogP contribution in [0, 0.1) is 5.82 Å². The van der Waals surface area contributed by atoms with Gasteiger partial charge in [-0.3, -0.25) is 19.0 Å². The van der Waals surface area contributed by atoms with Crippen molar-refractivity contribution in [3.63, 3.8) is 0 Å². The van der Waals surface area contributed by atoms with Gasteiger partial charge in [-0.15, -0.1) is 11.3 Å². The van der Waals surface area contributed by atoms with Crippen LogP contribution in [-0.2, 0) is 20.9 Å². The van der Waals surface area contributed by atoms with Crippen LogP contribution >= 0.6 is 11.3 Å². The molecule has 0 fully saturated rings. The molecule has 9 heteroatoms. The van der Waals surface area contributed by atoms with E-state index < -0.39 is 17.6 Å². The van der Waals surface area contributed by atoms with E-state index in [4.69, 9.17) is 4.74 Å². The number of nitrogens with zero attached hydrogens (tertiary/aromatic N) is 3. The summed E-state index contributed by atoms with van der Waals surface area (Å²) < 4.78 is 19.4. The van der Waals surface area contributed by atoms with Gasteiger partial charge in [0.2, 0.25) is 0 Å². The quantitative estimate of drug-likeness (QED) is 0.611. The SMILES string of the molecule is C[C@@H](OC(=O)Cn1cnc2scc(-c3ccc(F)cc3)c2c1=O)C(=O)N(C)C. The van der Waals surface area contributed by atoms with Crippen LogP contribution in [0.2, 0.25) is 0 Å². The highest BCUT2D eigenvalue weighted by molar-refractivity contribution is 7.17. The van der Waals surface area contributed by atoms with Gasteiger partial charge >= 0.3 is 5.97 Å². The van der Waals surface area contributed by atoms with Crippen molar-refractivity contribution in [3.8, 4) is 11.1 Å². The molecule has 0 saturated heterocycles. The number of carbonyl (C=O) groups excluding carboxylic acids is 2. The average molecular weight is 403 g/mol. The van der Waals surface area contributed by atoms with Gasteiger partial charge in [0.1, 0.15) is 17.2 Å². The van der Waals surface area contributed by atoms with Gasteiger partial charge in [0, 0.05) is 25.0 Å². The van der Waals surface area contributed by atoms with Crippen molar-refractivity contribution < 1.29 is 18.7 Å². The highest BCUT2D eigenvalue weighted by Crippen LogP contribution is 2.30. The zero-order valence-electron chi connectivity index (χ0n) is 15.5. The first-order valence-corrected chi connectivity index (χ1v) is 9.29. The lowest BCUT2D eigenvalue weighted by Gasteiger charge is -2.17. The average Bonchev–Trinajstić information content (AvgIpc) is 3.08. The van der Waals surface area contributed by atoms with E-state index in [0.717, 1.165) is 4.57 Å². The van der Waals surface area contributed by atoms with E-state index in [0.29, 0.717) is 21.3 Å². The lowest BCUT2D eigenvalue weighted by molar-refractivity contribution is -0.158. The summed E-state index contributed by atoms with van der Waals surface area (Å²) in [6.45, 7) is 1.10. The van der Waals surface area contributed by atoms with E-state index in [-0.39, 0.29) is 18.3 Å². The molecule has 3 rings (SSSR count). The van der Waals surface area contributed by atoms with E-state index in [9.17, 15) is 18.8 Å². The van der Waals surface area contributed by atoms with Crippen molar-refractivity contribution in [2.24, 2.45) is 0 Å². The molecule has 7 nitrogen and oxygen atoms in total. The van der Waals surface area contributed by atoms with Crippen LogP contribution in [0.4, 0.5) is 4.39 Å². The molecular formula is C19H18FN3O4S. The molecule has 2 heterocycles. The number of likely N-dealkylation sites (N-methyl/N-ethyl adjacent to an activating group) is 1. The molecule has 0 aliphatic heterocycles. The lowest BCUT2D eigenvalue weighted by Crippen LogP contribution is -2.36. The summed E-state index contributed by atoms with van der Waals surface area (Å²) in [5.41, 5.74) is 0.891. The van der Waals surface area contributed by atoms with Gasteiger partial charge in [-0.1, -0.05) is 12.1 Å². The second kappa shape index (κ2) is 7.89. The van der Waals surface area contributed by atoms with Crippen LogP contribution in [0.1, 0.15) is 6.92 Å². The highest BCUT2D eigenvalue weighted by Gasteiger charge is 2.21. The number of thiophene rings is 1. The number of ether oxygens (including phenoxy) is 1. The Balaban J connectivity index is 1.89. The molecule has 0 aliphatic rings. The molecule has 2 aromatic heterocycles. The number of hydrogen-bond donors (Lipinski definition) is 0. The third kappa shape index (κ3) is 3.94. The Morgan fingerprint density at radius 1 is 1.29 bits per heavy atom. The molecule has 0 unspecified atom stereocenters. The third-order valence-electron chi connectivity index (χ3n) is 4.11. The number of amides is 1. The number of fused-ring (bicyclic) bond motifs is 1. The van der Waals surface area contributed by atoms with E-state index in [2.05, 4.69) is 4.98 Å². The van der Waals surface area contributed by atoms with Crippen molar-refractivity contribution in [1.29, 1.82) is 0 Å². The standard InChI is InChI=1S/C19H18FN3O4S/c1-11(18(25)22(2)3)27-15(24)8-23-10-21-17-16(19(23)26)14(9-28-17)12-4-6-13(20)7-5-12/h4-7,9-11H,8H2,1-3H3/t11-/m1/s1. The molecule has 0 spiro atoms. The zero-order valence-corrected chi connectivity index (χ0v) is 16.3. The smallest absolute Gasteiger partial charge is 0.326 e. The van der Waals surface area contributed by atoms with Crippen molar-refractivity contribution in [2.75, 3.05) is 14.1 Å². The minimum absolute atomic E-state index is 0.351. The van der Waals surface area contributed by atoms with Crippen LogP contribution in [0.3, 0.4) is 0 Å². The molecular weight excluding hydrogens is 385 g/mol. The van der Waals surface area contributed by atoms with Crippen LogP contribution in [0.5, 0.6) is 0 Å². The van der Waals surface area contributed by atoms with E-state index in [1.165, 1.54) is 41.6 Å². The molecule has 0 aliphatic carbocycles. The van der Waals surface area contributed by atoms with Gasteiger partial charge < -0.3 is 9.64 Å². The molecule has 1 aromatic carbocycles. The number of carbonyl (C=O) groups is 2. The highest BCUT2D eigenvalue weighted by atomic mass is 32.1. The number of aromatic nitrogens is 2. The maximum atomic E-state index is 13.2. The van der Waals surface area contributed by atoms with E-state index >= 15 is 0 Å². The van der Waals surface area contributed by atoms with Crippen molar-refractivity contribution in [2.45, 2.75) is 19.6 Å². The number of halogens is 1. The van der Waals surface area contributed by atoms with Gasteiger partial charge in [0.15, 0.2) is 6.10 Å². The molecule has 28 heavy (non-hydrogen) atoms. The van der Waals surface area contributed by atoms with Crippen LogP contribution in [0.25, 0.3) is 21.3 Å². The molecule has 3 aromatic rings. The third-order valence-corrected chi connectivity index (χ3v) is 5.00. The Kier molecular flexibility index (Phi) is 5.55. The summed E-state index contributed by atoms with van der Waals surface area (Å²) in [4.78, 5) is 42.9. The maximum Gasteiger partial charge on any atom is 0.326 e. The molecule has 0 bridgehead atoms. The Morgan fingerprint density at radius 3 is 2.61 bits per heavy atom. The van der Waals surface area contributed by atoms with E-state index in [1.807, 2.05) is 0 Å². The van der Waals surface area contributed by atoms with E-state index in [1.54, 1.807) is 31.6 Å². The van der Waals surface area contributed by atoms with Crippen LogP contribution in [0.15, 0.2) is 40.8 Å². The lowest BCUT2D eigenvalue weighted by atomic mass is 10.1. The largest absolute Gasteiger partial charge is 0.451 e. The number of esters is 1. The molecule has 0 N–H and O–H groups in total. The second-order valence-corrected chi connectivity index (χ2v) is 7.24. The zero-order chi connectivity index (χ0) is 20.4. The molecule has 146 valence electrons. The first-order valence-electron chi connectivity index (χ1n) is 8.41. The Morgan fingerprint density at radius 2 is 1.96 bits per heavy atom. The van der Waals surface area contributed by atoms with Gasteiger partial charge in [-0.25, -0.2) is 9.37 Å².